The lowest BCUT2D eigenvalue weighted by Crippen LogP contribution is -2.06. The van der Waals surface area contributed by atoms with Crippen molar-refractivity contribution in [2.24, 2.45) is 0 Å². The predicted molar refractivity (Wildman–Crippen MR) is 63.9 cm³/mol. The van der Waals surface area contributed by atoms with Crippen molar-refractivity contribution >= 4 is 23.0 Å². The van der Waals surface area contributed by atoms with Gasteiger partial charge in [-0.1, -0.05) is 23.9 Å². The summed E-state index contributed by atoms with van der Waals surface area (Å²) in [6.07, 6.45) is 6.07. The maximum atomic E-state index is 11.2. The van der Waals surface area contributed by atoms with E-state index in [0.717, 1.165) is 12.2 Å². The molecular formula is C11H13NO2S. The summed E-state index contributed by atoms with van der Waals surface area (Å²) in [5, 5.41) is 0.126. The van der Waals surface area contributed by atoms with Crippen molar-refractivity contribution < 1.29 is 4.79 Å². The molecule has 15 heavy (non-hydrogen) atoms. The lowest BCUT2D eigenvalue weighted by atomic mass is 10.2. The topological polar surface area (TPSA) is 49.9 Å². The largest absolute Gasteiger partial charge is 0.329 e. The molecule has 0 amide bonds. The average molecular weight is 223 g/mol. The number of carbonyl (C=O) groups excluding carboxylic acids is 1. The van der Waals surface area contributed by atoms with Crippen molar-refractivity contribution in [3.05, 3.63) is 40.3 Å². The van der Waals surface area contributed by atoms with Crippen molar-refractivity contribution in [1.82, 2.24) is 4.98 Å². The molecule has 3 nitrogen and oxygen atoms in total. The zero-order chi connectivity index (χ0) is 11.1. The molecule has 80 valence electrons. The van der Waals surface area contributed by atoms with Gasteiger partial charge < -0.3 is 4.98 Å². The van der Waals surface area contributed by atoms with Crippen molar-refractivity contribution in [2.75, 3.05) is 5.75 Å². The fraction of sp³-hybridized carbons (Fsp3) is 0.273. The minimum absolute atomic E-state index is 0.0898. The van der Waals surface area contributed by atoms with Gasteiger partial charge >= 0.3 is 0 Å². The first-order valence-corrected chi connectivity index (χ1v) is 5.66. The fourth-order valence-corrected chi connectivity index (χ4v) is 1.59. The number of carbonyl (C=O) groups is 1. The van der Waals surface area contributed by atoms with Gasteiger partial charge in [-0.2, -0.15) is 0 Å². The Kier molecular flexibility index (Phi) is 4.90. The minimum Gasteiger partial charge on any atom is -0.329 e. The number of pyridine rings is 1. The first kappa shape index (κ1) is 11.8. The van der Waals surface area contributed by atoms with Crippen LogP contribution in [0.1, 0.15) is 18.9 Å². The first-order valence-electron chi connectivity index (χ1n) is 4.68. The summed E-state index contributed by atoms with van der Waals surface area (Å²) >= 11 is 1.29. The molecule has 0 saturated carbocycles. The molecule has 0 aliphatic carbocycles. The molecule has 0 bridgehead atoms. The summed E-state index contributed by atoms with van der Waals surface area (Å²) in [6.45, 7) is 1.55. The van der Waals surface area contributed by atoms with Crippen LogP contribution in [0.5, 0.6) is 0 Å². The first-order chi connectivity index (χ1) is 7.20. The molecule has 4 heteroatoms. The highest BCUT2D eigenvalue weighted by Crippen LogP contribution is 2.04. The van der Waals surface area contributed by atoms with Crippen LogP contribution >= 0.6 is 11.8 Å². The van der Waals surface area contributed by atoms with E-state index in [1.807, 2.05) is 6.08 Å². The van der Waals surface area contributed by atoms with Crippen LogP contribution in [0.3, 0.4) is 0 Å². The SMILES string of the molecule is CC(=O)SCCC=Cc1ccc[nH]c1=O. The van der Waals surface area contributed by atoms with Gasteiger partial charge in [-0.25, -0.2) is 0 Å². The summed E-state index contributed by atoms with van der Waals surface area (Å²) in [7, 11) is 0. The van der Waals surface area contributed by atoms with Crippen LogP contribution in [-0.4, -0.2) is 15.9 Å². The lowest BCUT2D eigenvalue weighted by molar-refractivity contribution is -0.109. The second-order valence-corrected chi connectivity index (χ2v) is 4.26. The number of hydrogen-bond acceptors (Lipinski definition) is 3. The zero-order valence-electron chi connectivity index (χ0n) is 8.53. The van der Waals surface area contributed by atoms with Crippen LogP contribution in [0.25, 0.3) is 6.08 Å². The number of nitrogens with one attached hydrogen (secondary N) is 1. The molecule has 0 saturated heterocycles. The number of H-pyrrole nitrogens is 1. The molecular weight excluding hydrogens is 210 g/mol. The number of thioether (sulfide) groups is 1. The highest BCUT2D eigenvalue weighted by Gasteiger charge is 1.93. The maximum absolute atomic E-state index is 11.2. The third-order valence-corrected chi connectivity index (χ3v) is 2.58. The third kappa shape index (κ3) is 4.65. The Hall–Kier alpha value is -1.29. The molecule has 1 aromatic rings. The Balaban J connectivity index is 2.42. The summed E-state index contributed by atoms with van der Waals surface area (Å²) in [4.78, 5) is 24.4. The zero-order valence-corrected chi connectivity index (χ0v) is 9.34. The Labute approximate surface area is 92.6 Å². The average Bonchev–Trinajstić information content (AvgIpc) is 2.20. The van der Waals surface area contributed by atoms with Gasteiger partial charge in [-0.3, -0.25) is 9.59 Å². The quantitative estimate of drug-likeness (QED) is 0.795. The molecule has 0 spiro atoms. The second kappa shape index (κ2) is 6.24. The van der Waals surface area contributed by atoms with Crippen molar-refractivity contribution in [2.45, 2.75) is 13.3 Å². The molecule has 1 aromatic heterocycles. The molecule has 0 radical (unpaired) electrons. The summed E-state index contributed by atoms with van der Waals surface area (Å²) in [6, 6.07) is 3.54. The second-order valence-electron chi connectivity index (χ2n) is 2.99. The molecule has 0 atom stereocenters. The van der Waals surface area contributed by atoms with Crippen LogP contribution in [-0.2, 0) is 4.79 Å². The highest BCUT2D eigenvalue weighted by molar-refractivity contribution is 8.13. The van der Waals surface area contributed by atoms with E-state index < -0.39 is 0 Å². The smallest absolute Gasteiger partial charge is 0.255 e. The maximum Gasteiger partial charge on any atom is 0.255 e. The molecule has 1 rings (SSSR count). The normalized spacial score (nSPS) is 10.7. The van der Waals surface area contributed by atoms with E-state index in [9.17, 15) is 9.59 Å². The van der Waals surface area contributed by atoms with Gasteiger partial charge in [0.05, 0.1) is 0 Å². The van der Waals surface area contributed by atoms with Crippen LogP contribution in [0.2, 0.25) is 0 Å². The number of aromatic amines is 1. The number of hydrogen-bond donors (Lipinski definition) is 1. The Morgan fingerprint density at radius 1 is 1.60 bits per heavy atom. The molecule has 1 heterocycles. The van der Waals surface area contributed by atoms with E-state index in [0.29, 0.717) is 5.56 Å². The predicted octanol–water partition coefficient (Wildman–Crippen LogP) is 2.06. The number of allylic oxidation sites excluding steroid dienone is 1. The highest BCUT2D eigenvalue weighted by atomic mass is 32.2. The van der Waals surface area contributed by atoms with Crippen LogP contribution in [0.15, 0.2) is 29.2 Å². The minimum atomic E-state index is -0.0898. The molecule has 0 fully saturated rings. The third-order valence-electron chi connectivity index (χ3n) is 1.74. The lowest BCUT2D eigenvalue weighted by Gasteiger charge is -1.92. The Bertz CT molecular complexity index is 409. The Morgan fingerprint density at radius 3 is 3.07 bits per heavy atom. The van der Waals surface area contributed by atoms with E-state index >= 15 is 0 Å². The van der Waals surface area contributed by atoms with Gasteiger partial charge in [-0.15, -0.1) is 0 Å². The molecule has 0 aromatic carbocycles. The van der Waals surface area contributed by atoms with E-state index in [2.05, 4.69) is 4.98 Å². The van der Waals surface area contributed by atoms with E-state index in [1.54, 1.807) is 31.3 Å². The van der Waals surface area contributed by atoms with Crippen LogP contribution < -0.4 is 5.56 Å². The van der Waals surface area contributed by atoms with Gasteiger partial charge in [0.15, 0.2) is 5.12 Å². The van der Waals surface area contributed by atoms with Crippen molar-refractivity contribution in [3.8, 4) is 0 Å². The molecule has 0 aliphatic heterocycles. The standard InChI is InChI=1S/C11H13NO2S/c1-9(13)15-8-3-2-5-10-6-4-7-12-11(10)14/h2,4-7H,3,8H2,1H3,(H,12,14). The van der Waals surface area contributed by atoms with Gasteiger partial charge in [0.25, 0.3) is 5.56 Å². The van der Waals surface area contributed by atoms with E-state index in [-0.39, 0.29) is 10.7 Å². The monoisotopic (exact) mass is 223 g/mol. The summed E-state index contributed by atoms with van der Waals surface area (Å²) in [5.41, 5.74) is 0.554. The number of rotatable bonds is 4. The molecule has 1 N–H and O–H groups in total. The number of aromatic nitrogens is 1. The van der Waals surface area contributed by atoms with Crippen LogP contribution in [0, 0.1) is 0 Å². The van der Waals surface area contributed by atoms with Gasteiger partial charge in [0.2, 0.25) is 0 Å². The van der Waals surface area contributed by atoms with Crippen molar-refractivity contribution in [3.63, 3.8) is 0 Å². The summed E-state index contributed by atoms with van der Waals surface area (Å²) < 4.78 is 0. The summed E-state index contributed by atoms with van der Waals surface area (Å²) in [5.74, 6) is 0.760. The fourth-order valence-electron chi connectivity index (χ4n) is 1.05. The van der Waals surface area contributed by atoms with Gasteiger partial charge in [0.1, 0.15) is 0 Å². The van der Waals surface area contributed by atoms with Gasteiger partial charge in [0, 0.05) is 24.4 Å². The van der Waals surface area contributed by atoms with Gasteiger partial charge in [-0.05, 0) is 18.6 Å². The van der Waals surface area contributed by atoms with E-state index in [4.69, 9.17) is 0 Å². The molecule has 0 unspecified atom stereocenters. The van der Waals surface area contributed by atoms with Crippen molar-refractivity contribution in [1.29, 1.82) is 0 Å². The Morgan fingerprint density at radius 2 is 2.40 bits per heavy atom. The van der Waals surface area contributed by atoms with E-state index in [1.165, 1.54) is 11.8 Å². The van der Waals surface area contributed by atoms with Crippen LogP contribution in [0.4, 0.5) is 0 Å². The molecule has 0 aliphatic rings.